The summed E-state index contributed by atoms with van der Waals surface area (Å²) in [5.41, 5.74) is 1.01. The van der Waals surface area contributed by atoms with Crippen LogP contribution in [0.2, 0.25) is 0 Å². The number of carbonyl (C=O) groups excluding carboxylic acids is 2. The molecule has 4 nitrogen and oxygen atoms in total. The predicted molar refractivity (Wildman–Crippen MR) is 73.6 cm³/mol. The molecule has 0 radical (unpaired) electrons. The van der Waals surface area contributed by atoms with E-state index in [1.165, 1.54) is 4.90 Å². The number of carbonyl (C=O) groups is 2. The Labute approximate surface area is 114 Å². The normalized spacial score (nSPS) is 11.7. The van der Waals surface area contributed by atoms with Crippen molar-refractivity contribution >= 4 is 11.9 Å². The van der Waals surface area contributed by atoms with Gasteiger partial charge in [-0.05, 0) is 12.5 Å². The maximum absolute atomic E-state index is 12.0. The molecule has 0 saturated carbocycles. The number of ether oxygens (including phenoxy) is 1. The van der Waals surface area contributed by atoms with Crippen LogP contribution in [-0.2, 0) is 20.7 Å². The van der Waals surface area contributed by atoms with E-state index in [4.69, 9.17) is 4.74 Å². The SMILES string of the molecule is CCOC(=O)[C@H](Cc1ccccc1)N(C)C(=O)CC. The molecule has 0 aliphatic heterocycles. The zero-order valence-corrected chi connectivity index (χ0v) is 11.8. The van der Waals surface area contributed by atoms with Crippen molar-refractivity contribution < 1.29 is 14.3 Å². The molecule has 1 atom stereocenters. The Hall–Kier alpha value is -1.84. The van der Waals surface area contributed by atoms with Crippen molar-refractivity contribution in [2.75, 3.05) is 13.7 Å². The number of rotatable bonds is 6. The van der Waals surface area contributed by atoms with Gasteiger partial charge in [-0.25, -0.2) is 4.79 Å². The number of esters is 1. The minimum Gasteiger partial charge on any atom is -0.464 e. The first kappa shape index (κ1) is 15.2. The Balaban J connectivity index is 2.86. The van der Waals surface area contributed by atoms with Gasteiger partial charge in [0.2, 0.25) is 5.91 Å². The van der Waals surface area contributed by atoms with Crippen LogP contribution in [0.4, 0.5) is 0 Å². The molecule has 0 N–H and O–H groups in total. The van der Waals surface area contributed by atoms with Gasteiger partial charge < -0.3 is 9.64 Å². The highest BCUT2D eigenvalue weighted by Gasteiger charge is 2.27. The Morgan fingerprint density at radius 2 is 1.84 bits per heavy atom. The van der Waals surface area contributed by atoms with Crippen molar-refractivity contribution in [3.8, 4) is 0 Å². The molecule has 0 unspecified atom stereocenters. The molecule has 19 heavy (non-hydrogen) atoms. The molecule has 0 saturated heterocycles. The lowest BCUT2D eigenvalue weighted by Gasteiger charge is -2.26. The zero-order chi connectivity index (χ0) is 14.3. The summed E-state index contributed by atoms with van der Waals surface area (Å²) in [5, 5.41) is 0. The summed E-state index contributed by atoms with van der Waals surface area (Å²) in [5.74, 6) is -0.412. The Bertz CT molecular complexity index is 417. The topological polar surface area (TPSA) is 46.6 Å². The number of hydrogen-bond donors (Lipinski definition) is 0. The van der Waals surface area contributed by atoms with E-state index in [0.717, 1.165) is 5.56 Å². The highest BCUT2D eigenvalue weighted by molar-refractivity contribution is 5.84. The number of nitrogens with zero attached hydrogens (tertiary/aromatic N) is 1. The fourth-order valence-electron chi connectivity index (χ4n) is 1.88. The quantitative estimate of drug-likeness (QED) is 0.738. The molecule has 0 aliphatic carbocycles. The first-order chi connectivity index (χ1) is 9.10. The lowest BCUT2D eigenvalue weighted by Crippen LogP contribution is -2.44. The van der Waals surface area contributed by atoms with Crippen LogP contribution in [0.25, 0.3) is 0 Å². The number of benzene rings is 1. The zero-order valence-electron chi connectivity index (χ0n) is 11.8. The van der Waals surface area contributed by atoms with Gasteiger partial charge >= 0.3 is 5.97 Å². The first-order valence-electron chi connectivity index (χ1n) is 6.56. The molecule has 1 aromatic carbocycles. The minimum absolute atomic E-state index is 0.0611. The average molecular weight is 263 g/mol. The maximum Gasteiger partial charge on any atom is 0.329 e. The summed E-state index contributed by atoms with van der Waals surface area (Å²) >= 11 is 0. The van der Waals surface area contributed by atoms with Crippen LogP contribution in [-0.4, -0.2) is 36.5 Å². The molecule has 1 amide bonds. The van der Waals surface area contributed by atoms with Crippen molar-refractivity contribution in [3.63, 3.8) is 0 Å². The van der Waals surface area contributed by atoms with Gasteiger partial charge in [0.1, 0.15) is 6.04 Å². The van der Waals surface area contributed by atoms with Crippen molar-refractivity contribution in [1.29, 1.82) is 0 Å². The molecular weight excluding hydrogens is 242 g/mol. The average Bonchev–Trinajstić information content (AvgIpc) is 2.44. The van der Waals surface area contributed by atoms with Gasteiger partial charge in [-0.1, -0.05) is 37.3 Å². The summed E-state index contributed by atoms with van der Waals surface area (Å²) in [6.45, 7) is 3.86. The van der Waals surface area contributed by atoms with Crippen LogP contribution in [0.1, 0.15) is 25.8 Å². The van der Waals surface area contributed by atoms with E-state index in [1.54, 1.807) is 20.9 Å². The monoisotopic (exact) mass is 263 g/mol. The van der Waals surface area contributed by atoms with Gasteiger partial charge in [-0.2, -0.15) is 0 Å². The largest absolute Gasteiger partial charge is 0.464 e. The molecule has 1 rings (SSSR count). The van der Waals surface area contributed by atoms with Crippen molar-refractivity contribution in [2.24, 2.45) is 0 Å². The molecule has 0 fully saturated rings. The van der Waals surface area contributed by atoms with Gasteiger partial charge in [0.25, 0.3) is 0 Å². The first-order valence-corrected chi connectivity index (χ1v) is 6.56. The lowest BCUT2D eigenvalue weighted by atomic mass is 10.0. The van der Waals surface area contributed by atoms with Crippen LogP contribution in [0, 0.1) is 0 Å². The van der Waals surface area contributed by atoms with Crippen LogP contribution < -0.4 is 0 Å². The van der Waals surface area contributed by atoms with E-state index in [9.17, 15) is 9.59 Å². The van der Waals surface area contributed by atoms with Gasteiger partial charge in [0, 0.05) is 19.9 Å². The molecule has 0 heterocycles. The Morgan fingerprint density at radius 1 is 1.21 bits per heavy atom. The summed E-state index contributed by atoms with van der Waals surface area (Å²) in [6.07, 6.45) is 0.850. The molecule has 0 aromatic heterocycles. The summed E-state index contributed by atoms with van der Waals surface area (Å²) in [6, 6.07) is 9.07. The van der Waals surface area contributed by atoms with Crippen molar-refractivity contribution in [2.45, 2.75) is 32.7 Å². The maximum atomic E-state index is 12.0. The highest BCUT2D eigenvalue weighted by Crippen LogP contribution is 2.11. The number of amides is 1. The molecule has 4 heteroatoms. The lowest BCUT2D eigenvalue weighted by molar-refractivity contribution is -0.153. The third-order valence-corrected chi connectivity index (χ3v) is 2.99. The fourth-order valence-corrected chi connectivity index (χ4v) is 1.88. The summed E-state index contributed by atoms with van der Waals surface area (Å²) < 4.78 is 5.06. The number of hydrogen-bond acceptors (Lipinski definition) is 3. The Morgan fingerprint density at radius 3 is 2.37 bits per heavy atom. The van der Waals surface area contributed by atoms with Crippen LogP contribution >= 0.6 is 0 Å². The Kier molecular flexibility index (Phi) is 6.06. The minimum atomic E-state index is -0.560. The highest BCUT2D eigenvalue weighted by atomic mass is 16.5. The third kappa shape index (κ3) is 4.39. The van der Waals surface area contributed by atoms with E-state index in [-0.39, 0.29) is 11.9 Å². The second-order valence-corrected chi connectivity index (χ2v) is 4.32. The summed E-state index contributed by atoms with van der Waals surface area (Å²) in [4.78, 5) is 25.2. The van der Waals surface area contributed by atoms with Gasteiger partial charge in [-0.3, -0.25) is 4.79 Å². The molecule has 0 spiro atoms. The van der Waals surface area contributed by atoms with Crippen molar-refractivity contribution in [1.82, 2.24) is 4.90 Å². The molecule has 0 bridgehead atoms. The number of likely N-dealkylation sites (N-methyl/N-ethyl adjacent to an activating group) is 1. The predicted octanol–water partition coefficient (Wildman–Crippen LogP) is 2.03. The second-order valence-electron chi connectivity index (χ2n) is 4.32. The van der Waals surface area contributed by atoms with Crippen LogP contribution in [0.15, 0.2) is 30.3 Å². The van der Waals surface area contributed by atoms with E-state index in [1.807, 2.05) is 30.3 Å². The van der Waals surface area contributed by atoms with E-state index in [2.05, 4.69) is 0 Å². The molecular formula is C15H21NO3. The fraction of sp³-hybridized carbons (Fsp3) is 0.467. The van der Waals surface area contributed by atoms with Gasteiger partial charge in [0.15, 0.2) is 0 Å². The molecule has 1 aromatic rings. The van der Waals surface area contributed by atoms with Crippen LogP contribution in [0.3, 0.4) is 0 Å². The van der Waals surface area contributed by atoms with E-state index < -0.39 is 6.04 Å². The molecule has 0 aliphatic rings. The third-order valence-electron chi connectivity index (χ3n) is 2.99. The van der Waals surface area contributed by atoms with Crippen molar-refractivity contribution in [3.05, 3.63) is 35.9 Å². The second kappa shape index (κ2) is 7.56. The van der Waals surface area contributed by atoms with Crippen LogP contribution in [0.5, 0.6) is 0 Å². The van der Waals surface area contributed by atoms with Gasteiger partial charge in [0.05, 0.1) is 6.61 Å². The van der Waals surface area contributed by atoms with E-state index in [0.29, 0.717) is 19.4 Å². The van der Waals surface area contributed by atoms with E-state index >= 15 is 0 Å². The van der Waals surface area contributed by atoms with Gasteiger partial charge in [-0.15, -0.1) is 0 Å². The summed E-state index contributed by atoms with van der Waals surface area (Å²) in [7, 11) is 1.65. The standard InChI is InChI=1S/C15H21NO3/c1-4-14(17)16(3)13(15(18)19-5-2)11-12-9-7-6-8-10-12/h6-10,13H,4-5,11H2,1-3H3/t13-/m0/s1. The smallest absolute Gasteiger partial charge is 0.329 e. The molecule has 104 valence electrons.